The second-order valence-electron chi connectivity index (χ2n) is 5.08. The topological polar surface area (TPSA) is 48.4 Å². The number of thiazole rings is 1. The Morgan fingerprint density at radius 2 is 2.20 bits per heavy atom. The summed E-state index contributed by atoms with van der Waals surface area (Å²) in [5.74, 6) is 0. The summed E-state index contributed by atoms with van der Waals surface area (Å²) in [7, 11) is 0. The Kier molecular flexibility index (Phi) is 4.18. The lowest BCUT2D eigenvalue weighted by molar-refractivity contribution is 0.282. The minimum absolute atomic E-state index is 0.0952. The first kappa shape index (κ1) is 13.4. The Bertz CT molecular complexity index is 536. The van der Waals surface area contributed by atoms with Crippen molar-refractivity contribution in [3.05, 3.63) is 41.4 Å². The number of aliphatic hydroxyl groups excluding tert-OH is 1. The normalized spacial score (nSPS) is 16.4. The molecule has 1 aliphatic rings. The molecule has 0 amide bonds. The van der Waals surface area contributed by atoms with Gasteiger partial charge in [-0.2, -0.15) is 0 Å². The van der Waals surface area contributed by atoms with E-state index in [9.17, 15) is 0 Å². The van der Waals surface area contributed by atoms with Crippen molar-refractivity contribution in [1.29, 1.82) is 0 Å². The van der Waals surface area contributed by atoms with E-state index < -0.39 is 0 Å². The molecule has 1 aliphatic heterocycles. The second-order valence-corrected chi connectivity index (χ2v) is 5.95. The van der Waals surface area contributed by atoms with Gasteiger partial charge in [-0.25, -0.2) is 4.98 Å². The monoisotopic (exact) mass is 289 g/mol. The van der Waals surface area contributed by atoms with Crippen LogP contribution in [-0.2, 0) is 6.61 Å². The Hall–Kier alpha value is -1.59. The summed E-state index contributed by atoms with van der Waals surface area (Å²) in [6.07, 6.45) is 4.09. The van der Waals surface area contributed by atoms with Crippen LogP contribution in [0, 0.1) is 0 Å². The average molecular weight is 289 g/mol. The van der Waals surface area contributed by atoms with Crippen LogP contribution in [0.2, 0.25) is 0 Å². The summed E-state index contributed by atoms with van der Waals surface area (Å²) >= 11 is 1.71. The van der Waals surface area contributed by atoms with Crippen molar-refractivity contribution >= 4 is 22.2 Å². The molecule has 3 rings (SSSR count). The Balaban J connectivity index is 1.55. The SMILES string of the molecule is OCc1cccc(NC2CCN(c3nccs3)CC2)c1. The zero-order valence-electron chi connectivity index (χ0n) is 11.3. The fourth-order valence-corrected chi connectivity index (χ4v) is 3.28. The fraction of sp³-hybridized carbons (Fsp3) is 0.400. The van der Waals surface area contributed by atoms with Crippen LogP contribution in [0.3, 0.4) is 0 Å². The Morgan fingerprint density at radius 1 is 1.35 bits per heavy atom. The van der Waals surface area contributed by atoms with Gasteiger partial charge in [0.25, 0.3) is 0 Å². The third-order valence-corrected chi connectivity index (χ3v) is 4.50. The van der Waals surface area contributed by atoms with Gasteiger partial charge in [-0.15, -0.1) is 11.3 Å². The summed E-state index contributed by atoms with van der Waals surface area (Å²) in [6, 6.07) is 8.51. The first-order chi connectivity index (χ1) is 9.85. The van der Waals surface area contributed by atoms with Crippen LogP contribution in [0.5, 0.6) is 0 Å². The van der Waals surface area contributed by atoms with Crippen molar-refractivity contribution in [2.45, 2.75) is 25.5 Å². The van der Waals surface area contributed by atoms with Gasteiger partial charge in [-0.05, 0) is 30.5 Å². The standard InChI is InChI=1S/C15H19N3OS/c19-11-12-2-1-3-14(10-12)17-13-4-7-18(8-5-13)15-16-6-9-20-15/h1-3,6,9-10,13,17,19H,4-5,7-8,11H2. The van der Waals surface area contributed by atoms with Gasteiger partial charge in [0.15, 0.2) is 5.13 Å². The molecule has 4 nitrogen and oxygen atoms in total. The lowest BCUT2D eigenvalue weighted by atomic mass is 10.0. The van der Waals surface area contributed by atoms with Crippen molar-refractivity contribution in [3.63, 3.8) is 0 Å². The van der Waals surface area contributed by atoms with Crippen molar-refractivity contribution in [1.82, 2.24) is 4.98 Å². The number of anilines is 2. The van der Waals surface area contributed by atoms with Crippen LogP contribution in [0.25, 0.3) is 0 Å². The van der Waals surface area contributed by atoms with Crippen LogP contribution >= 0.6 is 11.3 Å². The van der Waals surface area contributed by atoms with Gasteiger partial charge in [-0.1, -0.05) is 12.1 Å². The Labute approximate surface area is 123 Å². The fourth-order valence-electron chi connectivity index (χ4n) is 2.58. The van der Waals surface area contributed by atoms with Crippen molar-refractivity contribution in [3.8, 4) is 0 Å². The average Bonchev–Trinajstić information content (AvgIpc) is 3.02. The number of nitrogens with one attached hydrogen (secondary N) is 1. The van der Waals surface area contributed by atoms with Crippen molar-refractivity contribution in [2.75, 3.05) is 23.3 Å². The van der Waals surface area contributed by atoms with Gasteiger partial charge in [0.05, 0.1) is 6.61 Å². The first-order valence-corrected chi connectivity index (χ1v) is 7.84. The van der Waals surface area contributed by atoms with Gasteiger partial charge in [-0.3, -0.25) is 0 Å². The summed E-state index contributed by atoms with van der Waals surface area (Å²) in [5.41, 5.74) is 2.06. The van der Waals surface area contributed by atoms with E-state index in [1.54, 1.807) is 11.3 Å². The molecule has 0 bridgehead atoms. The van der Waals surface area contributed by atoms with E-state index in [-0.39, 0.29) is 6.61 Å². The van der Waals surface area contributed by atoms with E-state index in [4.69, 9.17) is 5.11 Å². The molecule has 1 aromatic heterocycles. The van der Waals surface area contributed by atoms with E-state index in [0.29, 0.717) is 6.04 Å². The molecule has 5 heteroatoms. The third-order valence-electron chi connectivity index (χ3n) is 3.67. The zero-order valence-corrected chi connectivity index (χ0v) is 12.1. The van der Waals surface area contributed by atoms with Crippen molar-refractivity contribution in [2.24, 2.45) is 0 Å². The number of hydrogen-bond donors (Lipinski definition) is 2. The summed E-state index contributed by atoms with van der Waals surface area (Å²) in [4.78, 5) is 6.72. The molecule has 0 unspecified atom stereocenters. The molecule has 0 aliphatic carbocycles. The van der Waals surface area contributed by atoms with Crippen LogP contribution in [0.4, 0.5) is 10.8 Å². The van der Waals surface area contributed by atoms with Crippen LogP contribution in [-0.4, -0.2) is 29.2 Å². The molecule has 1 aromatic carbocycles. The van der Waals surface area contributed by atoms with Crippen LogP contribution < -0.4 is 10.2 Å². The van der Waals surface area contributed by atoms with Crippen molar-refractivity contribution < 1.29 is 5.11 Å². The van der Waals surface area contributed by atoms with Gasteiger partial charge in [0.2, 0.25) is 0 Å². The molecule has 1 fully saturated rings. The maximum Gasteiger partial charge on any atom is 0.185 e. The van der Waals surface area contributed by atoms with Crippen LogP contribution in [0.15, 0.2) is 35.8 Å². The Morgan fingerprint density at radius 3 is 2.90 bits per heavy atom. The number of hydrogen-bond acceptors (Lipinski definition) is 5. The lowest BCUT2D eigenvalue weighted by Crippen LogP contribution is -2.39. The minimum Gasteiger partial charge on any atom is -0.392 e. The maximum absolute atomic E-state index is 9.17. The van der Waals surface area contributed by atoms with E-state index >= 15 is 0 Å². The van der Waals surface area contributed by atoms with E-state index in [2.05, 4.69) is 21.3 Å². The quantitative estimate of drug-likeness (QED) is 0.908. The molecule has 2 aromatic rings. The predicted octanol–water partition coefficient (Wildman–Crippen LogP) is 2.72. The molecule has 106 valence electrons. The second kappa shape index (κ2) is 6.24. The molecule has 2 N–H and O–H groups in total. The molecular weight excluding hydrogens is 270 g/mol. The number of piperidine rings is 1. The van der Waals surface area contributed by atoms with Gasteiger partial charge < -0.3 is 15.3 Å². The molecule has 2 heterocycles. The molecule has 0 radical (unpaired) electrons. The number of aliphatic hydroxyl groups is 1. The molecular formula is C15H19N3OS. The summed E-state index contributed by atoms with van der Waals surface area (Å²) in [5, 5.41) is 15.9. The summed E-state index contributed by atoms with van der Waals surface area (Å²) in [6.45, 7) is 2.19. The minimum atomic E-state index is 0.0952. The van der Waals surface area contributed by atoms with E-state index in [1.807, 2.05) is 29.8 Å². The molecule has 0 saturated carbocycles. The highest BCUT2D eigenvalue weighted by Crippen LogP contribution is 2.23. The largest absolute Gasteiger partial charge is 0.392 e. The number of aromatic nitrogens is 1. The van der Waals surface area contributed by atoms with Gasteiger partial charge >= 0.3 is 0 Å². The van der Waals surface area contributed by atoms with Crippen LogP contribution in [0.1, 0.15) is 18.4 Å². The highest BCUT2D eigenvalue weighted by Gasteiger charge is 2.20. The van der Waals surface area contributed by atoms with E-state index in [0.717, 1.165) is 42.3 Å². The predicted molar refractivity (Wildman–Crippen MR) is 83.3 cm³/mol. The summed E-state index contributed by atoms with van der Waals surface area (Å²) < 4.78 is 0. The smallest absolute Gasteiger partial charge is 0.185 e. The molecule has 20 heavy (non-hydrogen) atoms. The molecule has 1 saturated heterocycles. The lowest BCUT2D eigenvalue weighted by Gasteiger charge is -2.32. The first-order valence-electron chi connectivity index (χ1n) is 6.96. The van der Waals surface area contributed by atoms with Gasteiger partial charge in [0.1, 0.15) is 0 Å². The zero-order chi connectivity index (χ0) is 13.8. The van der Waals surface area contributed by atoms with Gasteiger partial charge in [0, 0.05) is 36.4 Å². The highest BCUT2D eigenvalue weighted by atomic mass is 32.1. The number of benzene rings is 1. The van der Waals surface area contributed by atoms with E-state index in [1.165, 1.54) is 0 Å². The maximum atomic E-state index is 9.17. The number of rotatable bonds is 4. The number of nitrogens with zero attached hydrogens (tertiary/aromatic N) is 2. The highest BCUT2D eigenvalue weighted by molar-refractivity contribution is 7.13. The third kappa shape index (κ3) is 3.11. The molecule has 0 atom stereocenters. The molecule has 0 spiro atoms.